The van der Waals surface area contributed by atoms with Crippen molar-refractivity contribution in [1.29, 1.82) is 0 Å². The van der Waals surface area contributed by atoms with Crippen LogP contribution in [0.15, 0.2) is 18.5 Å². The second-order valence-electron chi connectivity index (χ2n) is 4.20. The highest BCUT2D eigenvalue weighted by atomic mass is 16.1. The number of hydrogen-bond donors (Lipinski definition) is 1. The molecule has 15 heavy (non-hydrogen) atoms. The Morgan fingerprint density at radius 2 is 2.13 bits per heavy atom. The van der Waals surface area contributed by atoms with Gasteiger partial charge in [-0.15, -0.1) is 0 Å². The van der Waals surface area contributed by atoms with E-state index in [0.29, 0.717) is 12.1 Å². The average Bonchev–Trinajstić information content (AvgIpc) is 2.18. The van der Waals surface area contributed by atoms with Crippen molar-refractivity contribution in [3.63, 3.8) is 0 Å². The van der Waals surface area contributed by atoms with Crippen molar-refractivity contribution in [2.24, 2.45) is 17.6 Å². The smallest absolute Gasteiger partial charge is 0.169 e. The molecule has 0 fully saturated rings. The van der Waals surface area contributed by atoms with E-state index >= 15 is 0 Å². The van der Waals surface area contributed by atoms with Gasteiger partial charge in [0.1, 0.15) is 0 Å². The molecule has 0 aliphatic carbocycles. The summed E-state index contributed by atoms with van der Waals surface area (Å²) >= 11 is 0. The number of aryl methyl sites for hydroxylation is 1. The fourth-order valence-electron chi connectivity index (χ4n) is 1.59. The molecule has 0 radical (unpaired) electrons. The van der Waals surface area contributed by atoms with Gasteiger partial charge in [0, 0.05) is 30.4 Å². The van der Waals surface area contributed by atoms with E-state index in [-0.39, 0.29) is 17.6 Å². The van der Waals surface area contributed by atoms with Crippen LogP contribution in [-0.4, -0.2) is 17.3 Å². The Balaban J connectivity index is 2.93. The number of ketones is 1. The molecule has 0 amide bonds. The van der Waals surface area contributed by atoms with Crippen molar-refractivity contribution in [2.45, 2.75) is 20.8 Å². The molecule has 0 saturated heterocycles. The molecule has 0 aliphatic heterocycles. The largest absolute Gasteiger partial charge is 0.330 e. The van der Waals surface area contributed by atoms with E-state index in [9.17, 15) is 4.79 Å². The van der Waals surface area contributed by atoms with Crippen LogP contribution in [0.2, 0.25) is 0 Å². The van der Waals surface area contributed by atoms with E-state index in [1.54, 1.807) is 12.4 Å². The molecule has 1 aromatic rings. The van der Waals surface area contributed by atoms with E-state index in [2.05, 4.69) is 4.98 Å². The van der Waals surface area contributed by atoms with Gasteiger partial charge in [-0.05, 0) is 24.5 Å². The highest BCUT2D eigenvalue weighted by Gasteiger charge is 2.21. The Bertz CT molecular complexity index is 347. The highest BCUT2D eigenvalue weighted by Crippen LogP contribution is 2.16. The number of Topliss-reactive ketones (excluding diaryl/α,β-unsaturated/α-hetero) is 1. The summed E-state index contributed by atoms with van der Waals surface area (Å²) in [6.45, 7) is 6.35. The van der Waals surface area contributed by atoms with Crippen LogP contribution in [0.25, 0.3) is 0 Å². The van der Waals surface area contributed by atoms with Gasteiger partial charge in [-0.2, -0.15) is 0 Å². The minimum atomic E-state index is -0.103. The van der Waals surface area contributed by atoms with E-state index < -0.39 is 0 Å². The standard InChI is InChI=1S/C12H18N2O/c1-8(2)11(5-13)12(15)10-4-9(3)6-14-7-10/h4,6-8,11H,5,13H2,1-3H3. The summed E-state index contributed by atoms with van der Waals surface area (Å²) in [5, 5.41) is 0. The Hall–Kier alpha value is -1.22. The van der Waals surface area contributed by atoms with Crippen molar-refractivity contribution >= 4 is 5.78 Å². The summed E-state index contributed by atoms with van der Waals surface area (Å²) in [5.41, 5.74) is 7.27. The summed E-state index contributed by atoms with van der Waals surface area (Å²) in [6.07, 6.45) is 3.35. The SMILES string of the molecule is Cc1cncc(C(=O)C(CN)C(C)C)c1. The maximum atomic E-state index is 12.0. The normalized spacial score (nSPS) is 12.9. The summed E-state index contributed by atoms with van der Waals surface area (Å²) in [7, 11) is 0. The van der Waals surface area contributed by atoms with Gasteiger partial charge in [-0.3, -0.25) is 9.78 Å². The van der Waals surface area contributed by atoms with Gasteiger partial charge in [0.25, 0.3) is 0 Å². The van der Waals surface area contributed by atoms with Crippen LogP contribution in [0.3, 0.4) is 0 Å². The van der Waals surface area contributed by atoms with Gasteiger partial charge in [-0.1, -0.05) is 13.8 Å². The van der Waals surface area contributed by atoms with Gasteiger partial charge in [0.2, 0.25) is 0 Å². The molecule has 1 aromatic heterocycles. The Morgan fingerprint density at radius 3 is 2.60 bits per heavy atom. The first-order valence-corrected chi connectivity index (χ1v) is 5.22. The summed E-state index contributed by atoms with van der Waals surface area (Å²) in [5.74, 6) is 0.264. The summed E-state index contributed by atoms with van der Waals surface area (Å²) in [6, 6.07) is 1.86. The zero-order valence-corrected chi connectivity index (χ0v) is 9.53. The zero-order valence-electron chi connectivity index (χ0n) is 9.53. The molecule has 1 heterocycles. The molecule has 1 rings (SSSR count). The van der Waals surface area contributed by atoms with E-state index in [0.717, 1.165) is 5.56 Å². The van der Waals surface area contributed by atoms with Crippen LogP contribution in [0.4, 0.5) is 0 Å². The van der Waals surface area contributed by atoms with Crippen molar-refractivity contribution in [3.8, 4) is 0 Å². The van der Waals surface area contributed by atoms with Gasteiger partial charge in [-0.25, -0.2) is 0 Å². The number of aromatic nitrogens is 1. The highest BCUT2D eigenvalue weighted by molar-refractivity contribution is 5.98. The third-order valence-corrected chi connectivity index (χ3v) is 2.55. The number of carbonyl (C=O) groups is 1. The fraction of sp³-hybridized carbons (Fsp3) is 0.500. The molecule has 2 N–H and O–H groups in total. The molecule has 0 aliphatic rings. The number of hydrogen-bond acceptors (Lipinski definition) is 3. The molecule has 3 heteroatoms. The molecule has 82 valence electrons. The van der Waals surface area contributed by atoms with Crippen LogP contribution >= 0.6 is 0 Å². The minimum absolute atomic E-state index is 0.101. The molecule has 0 aromatic carbocycles. The third kappa shape index (κ3) is 2.86. The number of nitrogens with zero attached hydrogens (tertiary/aromatic N) is 1. The predicted molar refractivity (Wildman–Crippen MR) is 60.7 cm³/mol. The van der Waals surface area contributed by atoms with Gasteiger partial charge >= 0.3 is 0 Å². The van der Waals surface area contributed by atoms with E-state index in [1.165, 1.54) is 0 Å². The quantitative estimate of drug-likeness (QED) is 0.764. The number of nitrogens with two attached hydrogens (primary N) is 1. The van der Waals surface area contributed by atoms with Crippen LogP contribution in [0.5, 0.6) is 0 Å². The lowest BCUT2D eigenvalue weighted by molar-refractivity contribution is 0.0891. The zero-order chi connectivity index (χ0) is 11.4. The molecule has 1 atom stereocenters. The molecule has 3 nitrogen and oxygen atoms in total. The molecule has 0 saturated carbocycles. The lowest BCUT2D eigenvalue weighted by atomic mass is 9.88. The molecular weight excluding hydrogens is 188 g/mol. The van der Waals surface area contributed by atoms with Crippen LogP contribution in [0, 0.1) is 18.8 Å². The topological polar surface area (TPSA) is 56.0 Å². The van der Waals surface area contributed by atoms with Crippen molar-refractivity contribution in [2.75, 3.05) is 6.54 Å². The lowest BCUT2D eigenvalue weighted by Crippen LogP contribution is -2.28. The molecule has 0 bridgehead atoms. The maximum Gasteiger partial charge on any atom is 0.169 e. The second kappa shape index (κ2) is 5.03. The first kappa shape index (κ1) is 11.9. The number of pyridine rings is 1. The maximum absolute atomic E-state index is 12.0. The van der Waals surface area contributed by atoms with E-state index in [4.69, 9.17) is 5.73 Å². The van der Waals surface area contributed by atoms with Crippen molar-refractivity contribution < 1.29 is 4.79 Å². The summed E-state index contributed by atoms with van der Waals surface area (Å²) < 4.78 is 0. The number of rotatable bonds is 4. The lowest BCUT2D eigenvalue weighted by Gasteiger charge is -2.17. The van der Waals surface area contributed by atoms with E-state index in [1.807, 2.05) is 26.8 Å². The monoisotopic (exact) mass is 206 g/mol. The second-order valence-corrected chi connectivity index (χ2v) is 4.20. The average molecular weight is 206 g/mol. The van der Waals surface area contributed by atoms with Crippen LogP contribution in [0.1, 0.15) is 29.8 Å². The summed E-state index contributed by atoms with van der Waals surface area (Å²) in [4.78, 5) is 16.1. The third-order valence-electron chi connectivity index (χ3n) is 2.55. The van der Waals surface area contributed by atoms with Gasteiger partial charge < -0.3 is 5.73 Å². The Kier molecular flexibility index (Phi) is 3.97. The first-order valence-electron chi connectivity index (χ1n) is 5.22. The van der Waals surface area contributed by atoms with Gasteiger partial charge in [0.05, 0.1) is 0 Å². The molecule has 0 spiro atoms. The van der Waals surface area contributed by atoms with Crippen molar-refractivity contribution in [3.05, 3.63) is 29.6 Å². The molecule has 1 unspecified atom stereocenters. The number of carbonyl (C=O) groups excluding carboxylic acids is 1. The Morgan fingerprint density at radius 1 is 1.47 bits per heavy atom. The first-order chi connectivity index (χ1) is 7.06. The molecular formula is C12H18N2O. The Labute approximate surface area is 90.7 Å². The fourth-order valence-corrected chi connectivity index (χ4v) is 1.59. The van der Waals surface area contributed by atoms with Crippen LogP contribution in [-0.2, 0) is 0 Å². The van der Waals surface area contributed by atoms with Crippen molar-refractivity contribution in [1.82, 2.24) is 4.98 Å². The van der Waals surface area contributed by atoms with Gasteiger partial charge in [0.15, 0.2) is 5.78 Å². The minimum Gasteiger partial charge on any atom is -0.330 e. The predicted octanol–water partition coefficient (Wildman–Crippen LogP) is 1.80. The van der Waals surface area contributed by atoms with Crippen LogP contribution < -0.4 is 5.73 Å².